The van der Waals surface area contributed by atoms with Crippen LogP contribution in [0.15, 0.2) is 35.1 Å². The van der Waals surface area contributed by atoms with Crippen molar-refractivity contribution in [3.8, 4) is 5.75 Å². The summed E-state index contributed by atoms with van der Waals surface area (Å²) in [5.74, 6) is 0.549. The Balaban J connectivity index is 1.79. The van der Waals surface area contributed by atoms with Gasteiger partial charge in [0.15, 0.2) is 11.5 Å². The van der Waals surface area contributed by atoms with Crippen LogP contribution in [0.5, 0.6) is 5.75 Å². The molecule has 7 nitrogen and oxygen atoms in total. The molecule has 0 spiro atoms. The van der Waals surface area contributed by atoms with Gasteiger partial charge in [0, 0.05) is 13.5 Å². The smallest absolute Gasteiger partial charge is 0.296 e. The Morgan fingerprint density at radius 2 is 2.00 bits per heavy atom. The zero-order chi connectivity index (χ0) is 20.4. The lowest BCUT2D eigenvalue weighted by Gasteiger charge is -2.36. The first-order valence-electron chi connectivity index (χ1n) is 10.1. The molecule has 2 aliphatic heterocycles. The summed E-state index contributed by atoms with van der Waals surface area (Å²) >= 11 is 0. The van der Waals surface area contributed by atoms with Crippen LogP contribution in [0.1, 0.15) is 54.5 Å². The number of ketones is 1. The Bertz CT molecular complexity index is 946. The zero-order valence-corrected chi connectivity index (χ0v) is 16.6. The molecule has 1 aliphatic carbocycles. The number of ether oxygens (including phenoxy) is 2. The maximum Gasteiger partial charge on any atom is 0.296 e. The number of Topliss-reactive ketones (excluding diaryl/α,β-unsaturated/α-hetero) is 1. The fraction of sp³-hybridized carbons (Fsp3) is 0.500. The van der Waals surface area contributed by atoms with Crippen LogP contribution in [0.4, 0.5) is 0 Å². The van der Waals surface area contributed by atoms with E-state index in [1.54, 1.807) is 4.57 Å². The van der Waals surface area contributed by atoms with Gasteiger partial charge in [0.2, 0.25) is 5.75 Å². The third-order valence-electron chi connectivity index (χ3n) is 5.92. The standard InChI is InChI=1S/C22H26N2O5/c1-15(26)18-19(28-14-17-5-3-2-4-6-17)20(27)24-13-16-7-9-22(10-8-16,21(24)23-18)29-12-11-25/h2-6,16,25H,7-14H2,1H3. The van der Waals surface area contributed by atoms with E-state index in [4.69, 9.17) is 9.47 Å². The van der Waals surface area contributed by atoms with Crippen molar-refractivity contribution in [2.75, 3.05) is 13.2 Å². The van der Waals surface area contributed by atoms with Crippen molar-refractivity contribution in [2.45, 2.75) is 51.4 Å². The van der Waals surface area contributed by atoms with Crippen molar-refractivity contribution in [1.82, 2.24) is 9.55 Å². The van der Waals surface area contributed by atoms with Crippen LogP contribution >= 0.6 is 0 Å². The summed E-state index contributed by atoms with van der Waals surface area (Å²) in [4.78, 5) is 30.4. The number of aliphatic hydroxyl groups excluding tert-OH is 1. The van der Waals surface area contributed by atoms with Crippen molar-refractivity contribution < 1.29 is 19.4 Å². The summed E-state index contributed by atoms with van der Waals surface area (Å²) in [7, 11) is 0. The summed E-state index contributed by atoms with van der Waals surface area (Å²) in [5, 5.41) is 9.27. The molecule has 1 aromatic heterocycles. The molecule has 5 rings (SSSR count). The van der Waals surface area contributed by atoms with Gasteiger partial charge in [0.05, 0.1) is 13.2 Å². The molecule has 154 valence electrons. The number of carbonyl (C=O) groups is 1. The highest BCUT2D eigenvalue weighted by Crippen LogP contribution is 2.45. The number of fused-ring (bicyclic) bond motifs is 2. The van der Waals surface area contributed by atoms with Crippen molar-refractivity contribution in [3.05, 3.63) is 57.8 Å². The summed E-state index contributed by atoms with van der Waals surface area (Å²) in [6.45, 7) is 2.19. The molecule has 7 heteroatoms. The monoisotopic (exact) mass is 398 g/mol. The van der Waals surface area contributed by atoms with Crippen LogP contribution in [0.2, 0.25) is 0 Å². The van der Waals surface area contributed by atoms with Crippen LogP contribution < -0.4 is 10.3 Å². The van der Waals surface area contributed by atoms with Crippen molar-refractivity contribution in [3.63, 3.8) is 0 Å². The highest BCUT2D eigenvalue weighted by Gasteiger charge is 2.45. The number of aromatic nitrogens is 2. The van der Waals surface area contributed by atoms with Gasteiger partial charge < -0.3 is 14.6 Å². The van der Waals surface area contributed by atoms with Gasteiger partial charge in [-0.15, -0.1) is 0 Å². The number of benzene rings is 1. The fourth-order valence-electron chi connectivity index (χ4n) is 4.41. The van der Waals surface area contributed by atoms with Gasteiger partial charge in [-0.25, -0.2) is 4.98 Å². The van der Waals surface area contributed by atoms with Crippen LogP contribution in [-0.4, -0.2) is 33.7 Å². The molecule has 3 heterocycles. The zero-order valence-electron chi connectivity index (χ0n) is 16.6. The Kier molecular flexibility index (Phi) is 5.52. The molecule has 1 saturated carbocycles. The van der Waals surface area contributed by atoms with Gasteiger partial charge >= 0.3 is 0 Å². The molecule has 0 amide bonds. The minimum atomic E-state index is -0.739. The fourth-order valence-corrected chi connectivity index (χ4v) is 4.41. The van der Waals surface area contributed by atoms with E-state index in [-0.39, 0.29) is 42.6 Å². The minimum absolute atomic E-state index is 0.00344. The third-order valence-corrected chi connectivity index (χ3v) is 5.92. The molecule has 0 atom stereocenters. The van der Waals surface area contributed by atoms with E-state index in [0.29, 0.717) is 18.3 Å². The van der Waals surface area contributed by atoms with Crippen LogP contribution in [-0.2, 0) is 23.5 Å². The first-order valence-corrected chi connectivity index (χ1v) is 10.1. The topological polar surface area (TPSA) is 90.7 Å². The number of hydrogen-bond donors (Lipinski definition) is 1. The van der Waals surface area contributed by atoms with Crippen LogP contribution in [0, 0.1) is 5.92 Å². The summed E-state index contributed by atoms with van der Waals surface area (Å²) < 4.78 is 13.5. The van der Waals surface area contributed by atoms with Crippen molar-refractivity contribution in [2.24, 2.45) is 5.92 Å². The molecule has 0 saturated heterocycles. The SMILES string of the molecule is CC(=O)c1nc2n(c(=O)c1OCc1ccccc1)CC1CCC2(OCCO)CC1. The average Bonchev–Trinajstić information content (AvgIpc) is 2.99. The summed E-state index contributed by atoms with van der Waals surface area (Å²) in [6, 6.07) is 9.50. The number of hydrogen-bond acceptors (Lipinski definition) is 6. The first-order chi connectivity index (χ1) is 14.0. The number of rotatable bonds is 7. The largest absolute Gasteiger partial charge is 0.481 e. The summed E-state index contributed by atoms with van der Waals surface area (Å²) in [5.41, 5.74) is -0.114. The van der Waals surface area contributed by atoms with Crippen LogP contribution in [0.3, 0.4) is 0 Å². The van der Waals surface area contributed by atoms with Crippen molar-refractivity contribution >= 4 is 5.78 Å². The van der Waals surface area contributed by atoms with Gasteiger partial charge in [0.1, 0.15) is 18.0 Å². The quantitative estimate of drug-likeness (QED) is 0.721. The molecular formula is C22H26N2O5. The maximum atomic E-state index is 13.4. The Morgan fingerprint density at radius 1 is 1.28 bits per heavy atom. The lowest BCUT2D eigenvalue weighted by molar-refractivity contribution is -0.0937. The molecular weight excluding hydrogens is 372 g/mol. The molecule has 3 aliphatic rings. The number of nitrogens with zero attached hydrogens (tertiary/aromatic N) is 2. The third kappa shape index (κ3) is 3.72. The highest BCUT2D eigenvalue weighted by atomic mass is 16.5. The van der Waals surface area contributed by atoms with E-state index in [0.717, 1.165) is 31.2 Å². The molecule has 1 aromatic carbocycles. The maximum absolute atomic E-state index is 13.4. The average molecular weight is 398 g/mol. The van der Waals surface area contributed by atoms with Gasteiger partial charge in [-0.2, -0.15) is 0 Å². The van der Waals surface area contributed by atoms with Gasteiger partial charge in [-0.1, -0.05) is 30.3 Å². The normalized spacial score (nSPS) is 22.8. The molecule has 1 N–H and O–H groups in total. The predicted molar refractivity (Wildman–Crippen MR) is 106 cm³/mol. The Hall–Kier alpha value is -2.51. The van der Waals surface area contributed by atoms with E-state index >= 15 is 0 Å². The Labute approximate surface area is 169 Å². The lowest BCUT2D eigenvalue weighted by atomic mass is 9.80. The second-order valence-electron chi connectivity index (χ2n) is 7.87. The van der Waals surface area contributed by atoms with Crippen molar-refractivity contribution in [1.29, 1.82) is 0 Å². The van der Waals surface area contributed by atoms with E-state index in [1.807, 2.05) is 30.3 Å². The molecule has 29 heavy (non-hydrogen) atoms. The van der Waals surface area contributed by atoms with Gasteiger partial charge in [0.25, 0.3) is 5.56 Å². The molecule has 2 bridgehead atoms. The number of aliphatic hydroxyl groups is 1. The Morgan fingerprint density at radius 3 is 2.66 bits per heavy atom. The van der Waals surface area contributed by atoms with E-state index in [9.17, 15) is 14.7 Å². The molecule has 0 unspecified atom stereocenters. The van der Waals surface area contributed by atoms with Crippen LogP contribution in [0.25, 0.3) is 0 Å². The first kappa shape index (κ1) is 19.8. The second-order valence-corrected chi connectivity index (χ2v) is 7.87. The second kappa shape index (κ2) is 8.08. The minimum Gasteiger partial charge on any atom is -0.481 e. The molecule has 1 fully saturated rings. The predicted octanol–water partition coefficient (Wildman–Crippen LogP) is 2.43. The van der Waals surface area contributed by atoms with E-state index < -0.39 is 5.60 Å². The molecule has 0 radical (unpaired) electrons. The van der Waals surface area contributed by atoms with Gasteiger partial charge in [-0.05, 0) is 37.2 Å². The molecule has 2 aromatic rings. The van der Waals surface area contributed by atoms with E-state index in [2.05, 4.69) is 4.98 Å². The highest BCUT2D eigenvalue weighted by molar-refractivity contribution is 5.94. The summed E-state index contributed by atoms with van der Waals surface area (Å²) in [6.07, 6.45) is 3.30. The van der Waals surface area contributed by atoms with E-state index in [1.165, 1.54) is 6.92 Å². The van der Waals surface area contributed by atoms with Gasteiger partial charge in [-0.3, -0.25) is 14.2 Å². The lowest BCUT2D eigenvalue weighted by Crippen LogP contribution is -2.39. The number of carbonyl (C=O) groups excluding carboxylic acids is 1.